The molecule has 0 atom stereocenters. The fourth-order valence-electron chi connectivity index (χ4n) is 2.58. The van der Waals surface area contributed by atoms with Crippen LogP contribution in [0, 0.1) is 0 Å². The van der Waals surface area contributed by atoms with Gasteiger partial charge in [-0.15, -0.1) is 11.3 Å². The zero-order valence-electron chi connectivity index (χ0n) is 12.6. The Labute approximate surface area is 135 Å². The molecule has 1 saturated heterocycles. The van der Waals surface area contributed by atoms with E-state index in [0.717, 1.165) is 32.6 Å². The van der Waals surface area contributed by atoms with Crippen molar-refractivity contribution in [1.82, 2.24) is 9.80 Å². The minimum Gasteiger partial charge on any atom is -0.341 e. The molecule has 0 bridgehead atoms. The molecule has 124 valence electrons. The summed E-state index contributed by atoms with van der Waals surface area (Å²) in [6, 6.07) is 4.19. The fraction of sp³-hybridized carbons (Fsp3) is 0.643. The fourth-order valence-corrected chi connectivity index (χ4v) is 3.88. The zero-order chi connectivity index (χ0) is 16.0. The van der Waals surface area contributed by atoms with Gasteiger partial charge in [-0.3, -0.25) is 9.69 Å². The highest BCUT2D eigenvalue weighted by Crippen LogP contribution is 2.14. The van der Waals surface area contributed by atoms with Gasteiger partial charge in [-0.25, -0.2) is 13.6 Å². The van der Waals surface area contributed by atoms with Gasteiger partial charge in [0.15, 0.2) is 0 Å². The van der Waals surface area contributed by atoms with Gasteiger partial charge in [-0.05, 0) is 24.3 Å². The van der Waals surface area contributed by atoms with Crippen molar-refractivity contribution in [3.8, 4) is 0 Å². The number of sulfonamides is 1. The molecule has 1 aromatic rings. The molecular weight excluding hydrogens is 322 g/mol. The van der Waals surface area contributed by atoms with Gasteiger partial charge in [0.05, 0.1) is 5.75 Å². The summed E-state index contributed by atoms with van der Waals surface area (Å²) >= 11 is 1.75. The van der Waals surface area contributed by atoms with Crippen LogP contribution in [0.25, 0.3) is 0 Å². The normalized spacial score (nSPS) is 17.4. The second kappa shape index (κ2) is 8.05. The van der Waals surface area contributed by atoms with Gasteiger partial charge in [-0.1, -0.05) is 6.07 Å². The van der Waals surface area contributed by atoms with Crippen LogP contribution in [0.4, 0.5) is 0 Å². The van der Waals surface area contributed by atoms with Crippen molar-refractivity contribution in [2.24, 2.45) is 5.14 Å². The molecule has 0 spiro atoms. The lowest BCUT2D eigenvalue weighted by molar-refractivity contribution is -0.131. The second-order valence-electron chi connectivity index (χ2n) is 5.56. The molecule has 1 aliphatic rings. The van der Waals surface area contributed by atoms with Crippen molar-refractivity contribution in [2.45, 2.75) is 25.8 Å². The molecule has 1 aromatic heterocycles. The minimum absolute atomic E-state index is 0.0293. The number of hydrogen-bond acceptors (Lipinski definition) is 5. The van der Waals surface area contributed by atoms with Crippen LogP contribution in [-0.4, -0.2) is 56.1 Å². The molecule has 8 heteroatoms. The molecule has 0 aliphatic carbocycles. The third-order valence-corrected chi connectivity index (χ3v) is 5.44. The Bertz CT molecular complexity index is 572. The summed E-state index contributed by atoms with van der Waals surface area (Å²) in [6.07, 6.45) is 1.50. The quantitative estimate of drug-likeness (QED) is 0.828. The van der Waals surface area contributed by atoms with Crippen LogP contribution >= 0.6 is 11.3 Å². The Morgan fingerprint density at radius 2 is 2.09 bits per heavy atom. The molecule has 0 saturated carbocycles. The molecule has 2 heterocycles. The van der Waals surface area contributed by atoms with E-state index in [1.54, 1.807) is 11.3 Å². The first kappa shape index (κ1) is 17.4. The molecule has 1 aliphatic heterocycles. The van der Waals surface area contributed by atoms with E-state index in [0.29, 0.717) is 13.0 Å². The van der Waals surface area contributed by atoms with E-state index in [4.69, 9.17) is 5.14 Å². The Balaban J connectivity index is 1.76. The Hall–Kier alpha value is -0.960. The molecule has 2 N–H and O–H groups in total. The highest BCUT2D eigenvalue weighted by Gasteiger charge is 2.19. The van der Waals surface area contributed by atoms with Gasteiger partial charge < -0.3 is 4.90 Å². The first-order valence-electron chi connectivity index (χ1n) is 7.47. The average molecular weight is 345 g/mol. The van der Waals surface area contributed by atoms with Crippen LogP contribution in [0.3, 0.4) is 0 Å². The molecule has 0 unspecified atom stereocenters. The Morgan fingerprint density at radius 3 is 2.77 bits per heavy atom. The molecule has 6 nitrogen and oxygen atoms in total. The molecule has 2 rings (SSSR count). The number of amides is 1. The van der Waals surface area contributed by atoms with E-state index in [9.17, 15) is 13.2 Å². The molecule has 1 amide bonds. The maximum Gasteiger partial charge on any atom is 0.222 e. The number of primary sulfonamides is 1. The number of rotatable bonds is 6. The predicted molar refractivity (Wildman–Crippen MR) is 88.0 cm³/mol. The number of nitrogens with two attached hydrogens (primary N) is 1. The lowest BCUT2D eigenvalue weighted by atomic mass is 10.3. The number of carbonyl (C=O) groups excluding carboxylic acids is 1. The lowest BCUT2D eigenvalue weighted by Crippen LogP contribution is -2.35. The van der Waals surface area contributed by atoms with E-state index >= 15 is 0 Å². The minimum atomic E-state index is -3.47. The first-order valence-corrected chi connectivity index (χ1v) is 10.1. The van der Waals surface area contributed by atoms with Gasteiger partial charge in [-0.2, -0.15) is 0 Å². The Kier molecular flexibility index (Phi) is 6.37. The van der Waals surface area contributed by atoms with Crippen molar-refractivity contribution in [3.63, 3.8) is 0 Å². The largest absolute Gasteiger partial charge is 0.341 e. The van der Waals surface area contributed by atoms with Gasteiger partial charge in [0.2, 0.25) is 15.9 Å². The topological polar surface area (TPSA) is 83.7 Å². The zero-order valence-corrected chi connectivity index (χ0v) is 14.2. The van der Waals surface area contributed by atoms with Crippen LogP contribution in [0.2, 0.25) is 0 Å². The first-order chi connectivity index (χ1) is 10.4. The van der Waals surface area contributed by atoms with Gasteiger partial charge in [0.25, 0.3) is 0 Å². The predicted octanol–water partition coefficient (Wildman–Crippen LogP) is 0.851. The van der Waals surface area contributed by atoms with Crippen molar-refractivity contribution in [2.75, 3.05) is 31.9 Å². The van der Waals surface area contributed by atoms with Gasteiger partial charge in [0, 0.05) is 44.0 Å². The smallest absolute Gasteiger partial charge is 0.222 e. The number of hydrogen-bond donors (Lipinski definition) is 1. The summed E-state index contributed by atoms with van der Waals surface area (Å²) in [4.78, 5) is 17.7. The van der Waals surface area contributed by atoms with Crippen LogP contribution < -0.4 is 5.14 Å². The molecule has 22 heavy (non-hydrogen) atoms. The Morgan fingerprint density at radius 1 is 1.27 bits per heavy atom. The SMILES string of the molecule is NS(=O)(=O)CCCC(=O)N1CCCN(Cc2cccs2)CC1. The molecule has 0 aromatic carbocycles. The van der Waals surface area contributed by atoms with Gasteiger partial charge in [0.1, 0.15) is 0 Å². The number of nitrogens with zero attached hydrogens (tertiary/aromatic N) is 2. The summed E-state index contributed by atoms with van der Waals surface area (Å²) < 4.78 is 21.8. The summed E-state index contributed by atoms with van der Waals surface area (Å²) in [7, 11) is -3.47. The summed E-state index contributed by atoms with van der Waals surface area (Å²) in [6.45, 7) is 4.23. The van der Waals surface area contributed by atoms with E-state index < -0.39 is 10.0 Å². The maximum absolute atomic E-state index is 12.1. The third kappa shape index (κ3) is 6.04. The number of thiophene rings is 1. The summed E-state index contributed by atoms with van der Waals surface area (Å²) in [5.74, 6) is -0.0986. The summed E-state index contributed by atoms with van der Waals surface area (Å²) in [5, 5.41) is 7.03. The van der Waals surface area contributed by atoms with Crippen LogP contribution in [-0.2, 0) is 21.4 Å². The maximum atomic E-state index is 12.1. The van der Waals surface area contributed by atoms with Crippen molar-refractivity contribution in [3.05, 3.63) is 22.4 Å². The molecule has 1 fully saturated rings. The monoisotopic (exact) mass is 345 g/mol. The van der Waals surface area contributed by atoms with Crippen molar-refractivity contribution in [1.29, 1.82) is 0 Å². The second-order valence-corrected chi connectivity index (χ2v) is 8.33. The summed E-state index contributed by atoms with van der Waals surface area (Å²) in [5.41, 5.74) is 0. The highest BCUT2D eigenvalue weighted by molar-refractivity contribution is 7.89. The highest BCUT2D eigenvalue weighted by atomic mass is 32.2. The molecular formula is C14H23N3O3S2. The van der Waals surface area contributed by atoms with E-state index in [2.05, 4.69) is 22.4 Å². The van der Waals surface area contributed by atoms with Crippen LogP contribution in [0.15, 0.2) is 17.5 Å². The van der Waals surface area contributed by atoms with Crippen LogP contribution in [0.1, 0.15) is 24.1 Å². The van der Waals surface area contributed by atoms with E-state index in [-0.39, 0.29) is 18.1 Å². The van der Waals surface area contributed by atoms with E-state index in [1.807, 2.05) is 4.90 Å². The van der Waals surface area contributed by atoms with Crippen LogP contribution in [0.5, 0.6) is 0 Å². The van der Waals surface area contributed by atoms with Crippen molar-refractivity contribution >= 4 is 27.3 Å². The number of carbonyl (C=O) groups is 1. The van der Waals surface area contributed by atoms with Gasteiger partial charge >= 0.3 is 0 Å². The van der Waals surface area contributed by atoms with Crippen molar-refractivity contribution < 1.29 is 13.2 Å². The third-order valence-electron chi connectivity index (χ3n) is 3.72. The van der Waals surface area contributed by atoms with E-state index in [1.165, 1.54) is 4.88 Å². The average Bonchev–Trinajstić information content (AvgIpc) is 2.82. The standard InChI is InChI=1S/C14H23N3O3S2/c15-22(19,20)11-2-5-14(18)17-7-3-6-16(8-9-17)12-13-4-1-10-21-13/h1,4,10H,2-3,5-9,11-12H2,(H2,15,19,20). The lowest BCUT2D eigenvalue weighted by Gasteiger charge is -2.21. The molecule has 0 radical (unpaired) electrons.